The van der Waals surface area contributed by atoms with Crippen LogP contribution in [0.4, 0.5) is 0 Å². The number of aryl methyl sites for hydroxylation is 2. The van der Waals surface area contributed by atoms with Crippen molar-refractivity contribution in [1.82, 2.24) is 15.6 Å². The molecular formula is C16H23ClN4OS2. The highest BCUT2D eigenvalue weighted by Crippen LogP contribution is 2.26. The molecule has 5 nitrogen and oxygen atoms in total. The fourth-order valence-corrected chi connectivity index (χ4v) is 3.94. The van der Waals surface area contributed by atoms with Gasteiger partial charge in [0.05, 0.1) is 15.9 Å². The lowest BCUT2D eigenvalue weighted by Crippen LogP contribution is -2.38. The van der Waals surface area contributed by atoms with Crippen molar-refractivity contribution in [2.45, 2.75) is 32.8 Å². The van der Waals surface area contributed by atoms with Gasteiger partial charge in [-0.1, -0.05) is 11.6 Å². The lowest BCUT2D eigenvalue weighted by Gasteiger charge is -2.12. The maximum Gasteiger partial charge on any atom is 0.191 e. The zero-order valence-corrected chi connectivity index (χ0v) is 16.3. The summed E-state index contributed by atoms with van der Waals surface area (Å²) in [6.07, 6.45) is 1.32. The fraction of sp³-hybridized carbons (Fsp3) is 0.500. The molecule has 0 aromatic carbocycles. The summed E-state index contributed by atoms with van der Waals surface area (Å²) in [6.45, 7) is 5.92. The van der Waals surface area contributed by atoms with Crippen LogP contribution in [0.15, 0.2) is 22.5 Å². The Morgan fingerprint density at radius 1 is 1.42 bits per heavy atom. The van der Waals surface area contributed by atoms with Crippen molar-refractivity contribution >= 4 is 40.2 Å². The first-order chi connectivity index (χ1) is 11.6. The van der Waals surface area contributed by atoms with E-state index >= 15 is 0 Å². The van der Waals surface area contributed by atoms with Crippen LogP contribution in [0.3, 0.4) is 0 Å². The van der Waals surface area contributed by atoms with E-state index in [2.05, 4.69) is 26.0 Å². The number of nitrogens with zero attached hydrogens (tertiary/aromatic N) is 2. The number of hydrogen-bond donors (Lipinski definition) is 3. The Bertz CT molecular complexity index is 656. The predicted octanol–water partition coefficient (Wildman–Crippen LogP) is 3.39. The third kappa shape index (κ3) is 6.39. The number of nitrogens with one attached hydrogen (secondary N) is 2. The SMILES string of the molecule is CCNC(=NCC(O)c1ccc(Cl)s1)NCCCc1nc(C)cs1. The van der Waals surface area contributed by atoms with Crippen molar-refractivity contribution in [1.29, 1.82) is 0 Å². The minimum atomic E-state index is -0.628. The molecule has 0 fully saturated rings. The topological polar surface area (TPSA) is 69.5 Å². The predicted molar refractivity (Wildman–Crippen MR) is 103 cm³/mol. The number of thiophene rings is 1. The molecule has 132 valence electrons. The average Bonchev–Trinajstić information content (AvgIpc) is 3.17. The highest BCUT2D eigenvalue weighted by Gasteiger charge is 2.10. The molecule has 0 radical (unpaired) electrons. The Labute approximate surface area is 155 Å². The third-order valence-corrected chi connectivity index (χ3v) is 5.57. The van der Waals surface area contributed by atoms with Gasteiger partial charge in [0.25, 0.3) is 0 Å². The van der Waals surface area contributed by atoms with Crippen LogP contribution in [0.5, 0.6) is 0 Å². The number of thiazole rings is 1. The molecule has 0 aliphatic heterocycles. The number of aliphatic imine (C=N–C) groups is 1. The molecule has 1 unspecified atom stereocenters. The minimum Gasteiger partial charge on any atom is -0.386 e. The van der Waals surface area contributed by atoms with E-state index in [0.717, 1.165) is 42.5 Å². The molecule has 0 bridgehead atoms. The molecule has 0 saturated carbocycles. The minimum absolute atomic E-state index is 0.303. The van der Waals surface area contributed by atoms with Gasteiger partial charge in [-0.3, -0.25) is 4.99 Å². The highest BCUT2D eigenvalue weighted by molar-refractivity contribution is 7.16. The number of halogens is 1. The Morgan fingerprint density at radius 3 is 2.88 bits per heavy atom. The van der Waals surface area contributed by atoms with Crippen LogP contribution in [0.2, 0.25) is 4.34 Å². The molecule has 0 saturated heterocycles. The van der Waals surface area contributed by atoms with Crippen LogP contribution in [0.1, 0.15) is 35.0 Å². The average molecular weight is 387 g/mol. The largest absolute Gasteiger partial charge is 0.386 e. The zero-order chi connectivity index (χ0) is 17.4. The molecular weight excluding hydrogens is 364 g/mol. The molecule has 0 aliphatic rings. The van der Waals surface area contributed by atoms with Crippen molar-refractivity contribution in [2.75, 3.05) is 19.6 Å². The van der Waals surface area contributed by atoms with Gasteiger partial charge in [0.15, 0.2) is 5.96 Å². The van der Waals surface area contributed by atoms with Crippen molar-refractivity contribution in [3.05, 3.63) is 37.4 Å². The molecule has 0 amide bonds. The normalized spacial score (nSPS) is 13.1. The van der Waals surface area contributed by atoms with E-state index in [1.807, 2.05) is 19.9 Å². The maximum absolute atomic E-state index is 10.2. The van der Waals surface area contributed by atoms with Crippen LogP contribution >= 0.6 is 34.3 Å². The Hall–Kier alpha value is -1.15. The molecule has 0 aliphatic carbocycles. The summed E-state index contributed by atoms with van der Waals surface area (Å²) in [5.41, 5.74) is 1.08. The summed E-state index contributed by atoms with van der Waals surface area (Å²) in [5, 5.41) is 19.9. The number of hydrogen-bond acceptors (Lipinski definition) is 5. The van der Waals surface area contributed by atoms with Gasteiger partial charge in [-0.05, 0) is 32.4 Å². The van der Waals surface area contributed by atoms with Gasteiger partial charge in [-0.25, -0.2) is 4.98 Å². The Balaban J connectivity index is 1.77. The lowest BCUT2D eigenvalue weighted by atomic mass is 10.3. The maximum atomic E-state index is 10.2. The van der Waals surface area contributed by atoms with Crippen LogP contribution in [0.25, 0.3) is 0 Å². The number of aromatic nitrogens is 1. The van der Waals surface area contributed by atoms with E-state index in [1.54, 1.807) is 17.4 Å². The summed E-state index contributed by atoms with van der Waals surface area (Å²) in [4.78, 5) is 9.74. The van der Waals surface area contributed by atoms with Gasteiger partial charge in [0.1, 0.15) is 6.10 Å². The van der Waals surface area contributed by atoms with E-state index < -0.39 is 6.10 Å². The highest BCUT2D eigenvalue weighted by atomic mass is 35.5. The smallest absolute Gasteiger partial charge is 0.191 e. The molecule has 2 aromatic rings. The van der Waals surface area contributed by atoms with E-state index in [4.69, 9.17) is 11.6 Å². The summed E-state index contributed by atoms with van der Waals surface area (Å²) in [5.74, 6) is 0.717. The molecule has 2 rings (SSSR count). The second kappa shape index (κ2) is 9.98. The quantitative estimate of drug-likeness (QED) is 0.369. The Kier molecular flexibility index (Phi) is 7.98. The van der Waals surface area contributed by atoms with Crippen LogP contribution in [-0.4, -0.2) is 35.7 Å². The molecule has 1 atom stereocenters. The van der Waals surface area contributed by atoms with Gasteiger partial charge in [0.2, 0.25) is 0 Å². The van der Waals surface area contributed by atoms with Crippen molar-refractivity contribution in [3.8, 4) is 0 Å². The molecule has 2 heterocycles. The van der Waals surface area contributed by atoms with Gasteiger partial charge < -0.3 is 15.7 Å². The van der Waals surface area contributed by atoms with Gasteiger partial charge in [-0.2, -0.15) is 0 Å². The Morgan fingerprint density at radius 2 is 2.25 bits per heavy atom. The standard InChI is InChI=1S/C16H23ClN4OS2/c1-3-18-16(19-8-4-5-15-21-11(2)10-23-15)20-9-12(22)13-6-7-14(17)24-13/h6-7,10,12,22H,3-5,8-9H2,1-2H3,(H2,18,19,20). The van der Waals surface area contributed by atoms with Crippen LogP contribution in [-0.2, 0) is 6.42 Å². The summed E-state index contributed by atoms with van der Waals surface area (Å²) in [7, 11) is 0. The summed E-state index contributed by atoms with van der Waals surface area (Å²) < 4.78 is 0.676. The molecule has 24 heavy (non-hydrogen) atoms. The van der Waals surface area contributed by atoms with Gasteiger partial charge in [0, 0.05) is 35.5 Å². The van der Waals surface area contributed by atoms with E-state index in [0.29, 0.717) is 10.9 Å². The first-order valence-electron chi connectivity index (χ1n) is 7.95. The summed E-state index contributed by atoms with van der Waals surface area (Å²) >= 11 is 8.98. The first-order valence-corrected chi connectivity index (χ1v) is 10.0. The van der Waals surface area contributed by atoms with E-state index in [-0.39, 0.29) is 0 Å². The van der Waals surface area contributed by atoms with Gasteiger partial charge in [-0.15, -0.1) is 22.7 Å². The molecule has 0 spiro atoms. The van der Waals surface area contributed by atoms with Crippen molar-refractivity contribution in [2.24, 2.45) is 4.99 Å². The monoisotopic (exact) mass is 386 g/mol. The number of rotatable bonds is 8. The van der Waals surface area contributed by atoms with Crippen LogP contribution < -0.4 is 10.6 Å². The second-order valence-corrected chi connectivity index (χ2v) is 7.98. The van der Waals surface area contributed by atoms with Crippen molar-refractivity contribution < 1.29 is 5.11 Å². The summed E-state index contributed by atoms with van der Waals surface area (Å²) in [6, 6.07) is 3.63. The van der Waals surface area contributed by atoms with Gasteiger partial charge >= 0.3 is 0 Å². The number of guanidine groups is 1. The molecule has 2 aromatic heterocycles. The number of aliphatic hydroxyl groups is 1. The first kappa shape index (κ1) is 19.2. The van der Waals surface area contributed by atoms with E-state index in [9.17, 15) is 5.11 Å². The third-order valence-electron chi connectivity index (χ3n) is 3.22. The molecule has 8 heteroatoms. The lowest BCUT2D eigenvalue weighted by molar-refractivity contribution is 0.191. The molecule has 3 N–H and O–H groups in total. The van der Waals surface area contributed by atoms with Crippen molar-refractivity contribution in [3.63, 3.8) is 0 Å². The van der Waals surface area contributed by atoms with Crippen LogP contribution in [0, 0.1) is 6.92 Å². The zero-order valence-electron chi connectivity index (χ0n) is 13.9. The second-order valence-electron chi connectivity index (χ2n) is 5.29. The number of aliphatic hydroxyl groups excluding tert-OH is 1. The van der Waals surface area contributed by atoms with E-state index in [1.165, 1.54) is 16.3 Å². The fourth-order valence-electron chi connectivity index (χ4n) is 2.08.